The molecule has 0 aliphatic carbocycles. The van der Waals surface area contributed by atoms with Crippen LogP contribution in [0.5, 0.6) is 0 Å². The molecular formula is C22H21ClN4O4S. The molecule has 0 spiro atoms. The van der Waals surface area contributed by atoms with Crippen LogP contribution >= 0.6 is 22.9 Å². The second-order valence-corrected chi connectivity index (χ2v) is 9.29. The van der Waals surface area contributed by atoms with E-state index >= 15 is 0 Å². The van der Waals surface area contributed by atoms with Crippen LogP contribution in [0.4, 0.5) is 5.13 Å². The van der Waals surface area contributed by atoms with E-state index in [1.165, 1.54) is 11.3 Å². The van der Waals surface area contributed by atoms with Crippen LogP contribution in [0.25, 0.3) is 11.3 Å². The van der Waals surface area contributed by atoms with Crippen molar-refractivity contribution in [3.05, 3.63) is 51.2 Å². The number of ether oxygens (including phenoxy) is 1. The minimum atomic E-state index is -0.409. The summed E-state index contributed by atoms with van der Waals surface area (Å²) in [5.41, 5.74) is 2.43. The first-order valence-corrected chi connectivity index (χ1v) is 11.6. The largest absolute Gasteiger partial charge is 0.368 e. The van der Waals surface area contributed by atoms with E-state index in [1.54, 1.807) is 17.9 Å². The normalized spacial score (nSPS) is 17.9. The van der Waals surface area contributed by atoms with Gasteiger partial charge in [0.25, 0.3) is 11.8 Å². The summed E-state index contributed by atoms with van der Waals surface area (Å²) in [5, 5.41) is 8.01. The zero-order valence-electron chi connectivity index (χ0n) is 17.4. The quantitative estimate of drug-likeness (QED) is 0.614. The first kappa shape index (κ1) is 21.1. The van der Waals surface area contributed by atoms with E-state index in [0.29, 0.717) is 58.9 Å². The van der Waals surface area contributed by atoms with Gasteiger partial charge < -0.3 is 14.2 Å². The van der Waals surface area contributed by atoms with Crippen molar-refractivity contribution in [2.75, 3.05) is 18.5 Å². The summed E-state index contributed by atoms with van der Waals surface area (Å²) in [6.45, 7) is 3.26. The van der Waals surface area contributed by atoms with Gasteiger partial charge in [-0.25, -0.2) is 4.98 Å². The summed E-state index contributed by atoms with van der Waals surface area (Å²) in [6, 6.07) is 7.24. The Morgan fingerprint density at radius 3 is 2.94 bits per heavy atom. The number of fused-ring (bicyclic) bond motifs is 1. The van der Waals surface area contributed by atoms with Gasteiger partial charge in [0, 0.05) is 30.0 Å². The highest BCUT2D eigenvalue weighted by molar-refractivity contribution is 7.15. The second-order valence-electron chi connectivity index (χ2n) is 7.80. The highest BCUT2D eigenvalue weighted by atomic mass is 35.5. The maximum Gasteiger partial charge on any atom is 0.260 e. The van der Waals surface area contributed by atoms with Crippen LogP contribution in [0.2, 0.25) is 5.02 Å². The Bertz CT molecular complexity index is 1180. The lowest BCUT2D eigenvalue weighted by Gasteiger charge is -2.26. The average Bonchev–Trinajstić information content (AvgIpc) is 3.52. The number of amides is 2. The van der Waals surface area contributed by atoms with E-state index < -0.39 is 6.10 Å². The monoisotopic (exact) mass is 472 g/mol. The van der Waals surface area contributed by atoms with Crippen LogP contribution in [0.1, 0.15) is 39.5 Å². The molecule has 4 heterocycles. The van der Waals surface area contributed by atoms with Crippen molar-refractivity contribution in [2.24, 2.45) is 0 Å². The SMILES string of the molecule is Cc1onc(-c2ccccc2Cl)c1C(=O)N1CCc2nc(NC(=O)C3CCCO3)sc2C1. The smallest absolute Gasteiger partial charge is 0.260 e. The fourth-order valence-corrected chi connectivity index (χ4v) is 5.26. The van der Waals surface area contributed by atoms with Gasteiger partial charge in [-0.2, -0.15) is 0 Å². The predicted octanol–water partition coefficient (Wildman–Crippen LogP) is 4.08. The van der Waals surface area contributed by atoms with Crippen molar-refractivity contribution in [3.8, 4) is 11.3 Å². The number of aromatic nitrogens is 2. The number of anilines is 1. The molecule has 2 aliphatic rings. The third kappa shape index (κ3) is 3.92. The van der Waals surface area contributed by atoms with Crippen LogP contribution in [0.15, 0.2) is 28.8 Å². The molecule has 0 radical (unpaired) electrons. The Morgan fingerprint density at radius 1 is 1.31 bits per heavy atom. The lowest BCUT2D eigenvalue weighted by molar-refractivity contribution is -0.124. The van der Waals surface area contributed by atoms with E-state index in [-0.39, 0.29) is 11.8 Å². The van der Waals surface area contributed by atoms with Crippen LogP contribution < -0.4 is 5.32 Å². The van der Waals surface area contributed by atoms with E-state index in [4.69, 9.17) is 20.9 Å². The summed E-state index contributed by atoms with van der Waals surface area (Å²) in [6.07, 6.45) is 1.82. The molecule has 2 aromatic heterocycles. The molecule has 0 bridgehead atoms. The van der Waals surface area contributed by atoms with Crippen molar-refractivity contribution in [2.45, 2.75) is 38.8 Å². The minimum absolute atomic E-state index is 0.161. The Labute approximate surface area is 193 Å². The molecule has 1 fully saturated rings. The van der Waals surface area contributed by atoms with Gasteiger partial charge in [0.2, 0.25) is 0 Å². The van der Waals surface area contributed by atoms with E-state index in [9.17, 15) is 9.59 Å². The number of nitrogens with zero attached hydrogens (tertiary/aromatic N) is 3. The number of rotatable bonds is 4. The standard InChI is InChI=1S/C22H21ClN4O4S/c1-12-18(19(26-31-12)13-5-2-3-6-14(13)23)21(29)27-9-8-15-17(11-27)32-22(24-15)25-20(28)16-7-4-10-30-16/h2-3,5-6,16H,4,7-11H2,1H3,(H,24,25,28). The van der Waals surface area contributed by atoms with Gasteiger partial charge >= 0.3 is 0 Å². The first-order chi connectivity index (χ1) is 15.5. The molecule has 1 saturated heterocycles. The number of aryl methyl sites for hydroxylation is 1. The van der Waals surface area contributed by atoms with Crippen molar-refractivity contribution in [1.29, 1.82) is 0 Å². The van der Waals surface area contributed by atoms with Crippen molar-refractivity contribution < 1.29 is 18.8 Å². The molecule has 1 atom stereocenters. The molecule has 2 amide bonds. The van der Waals surface area contributed by atoms with Crippen LogP contribution in [0, 0.1) is 6.92 Å². The fourth-order valence-electron chi connectivity index (χ4n) is 4.01. The third-order valence-corrected chi connectivity index (χ3v) is 7.00. The molecule has 32 heavy (non-hydrogen) atoms. The molecule has 1 aromatic carbocycles. The summed E-state index contributed by atoms with van der Waals surface area (Å²) in [4.78, 5) is 33.0. The van der Waals surface area contributed by atoms with Gasteiger partial charge in [-0.05, 0) is 25.8 Å². The molecule has 5 rings (SSSR count). The topological polar surface area (TPSA) is 97.6 Å². The lowest BCUT2D eigenvalue weighted by atomic mass is 10.0. The van der Waals surface area contributed by atoms with Gasteiger partial charge in [0.15, 0.2) is 5.13 Å². The zero-order valence-corrected chi connectivity index (χ0v) is 19.0. The zero-order chi connectivity index (χ0) is 22.2. The number of thiazole rings is 1. The number of benzene rings is 1. The summed E-state index contributed by atoms with van der Waals surface area (Å²) in [5.74, 6) is 0.123. The predicted molar refractivity (Wildman–Crippen MR) is 120 cm³/mol. The number of halogens is 1. The van der Waals surface area contributed by atoms with Crippen LogP contribution in [-0.2, 0) is 22.5 Å². The summed E-state index contributed by atoms with van der Waals surface area (Å²) >= 11 is 7.73. The minimum Gasteiger partial charge on any atom is -0.368 e. The Kier molecular flexibility index (Phi) is 5.71. The number of carbonyl (C=O) groups excluding carboxylic acids is 2. The molecular weight excluding hydrogens is 452 g/mol. The van der Waals surface area contributed by atoms with Crippen molar-refractivity contribution >= 4 is 39.9 Å². The maximum atomic E-state index is 13.4. The summed E-state index contributed by atoms with van der Waals surface area (Å²) in [7, 11) is 0. The molecule has 8 nitrogen and oxygen atoms in total. The first-order valence-electron chi connectivity index (χ1n) is 10.4. The Balaban J connectivity index is 1.35. The second kappa shape index (κ2) is 8.65. The van der Waals surface area contributed by atoms with Gasteiger partial charge in [-0.15, -0.1) is 0 Å². The van der Waals surface area contributed by atoms with Gasteiger partial charge in [0.1, 0.15) is 23.1 Å². The van der Waals surface area contributed by atoms with Crippen LogP contribution in [-0.4, -0.2) is 46.1 Å². The molecule has 3 aromatic rings. The molecule has 2 aliphatic heterocycles. The van der Waals surface area contributed by atoms with Crippen LogP contribution in [0.3, 0.4) is 0 Å². The summed E-state index contributed by atoms with van der Waals surface area (Å²) < 4.78 is 10.8. The molecule has 1 unspecified atom stereocenters. The molecule has 1 N–H and O–H groups in total. The highest BCUT2D eigenvalue weighted by Crippen LogP contribution is 2.34. The lowest BCUT2D eigenvalue weighted by Crippen LogP contribution is -2.35. The average molecular weight is 473 g/mol. The van der Waals surface area contributed by atoms with E-state index in [1.807, 2.05) is 18.2 Å². The maximum absolute atomic E-state index is 13.4. The molecule has 10 heteroatoms. The number of nitrogens with one attached hydrogen (secondary N) is 1. The van der Waals surface area contributed by atoms with Gasteiger partial charge in [-0.3, -0.25) is 14.9 Å². The molecule has 166 valence electrons. The van der Waals surface area contributed by atoms with Gasteiger partial charge in [0.05, 0.1) is 17.3 Å². The number of carbonyl (C=O) groups is 2. The molecule has 0 saturated carbocycles. The van der Waals surface area contributed by atoms with Gasteiger partial charge in [-0.1, -0.05) is 46.3 Å². The number of hydrogen-bond acceptors (Lipinski definition) is 7. The fraction of sp³-hybridized carbons (Fsp3) is 0.364. The van der Waals surface area contributed by atoms with Crippen molar-refractivity contribution in [3.63, 3.8) is 0 Å². The van der Waals surface area contributed by atoms with E-state index in [0.717, 1.165) is 23.4 Å². The Morgan fingerprint density at radius 2 is 2.16 bits per heavy atom. The van der Waals surface area contributed by atoms with E-state index in [2.05, 4.69) is 15.5 Å². The number of hydrogen-bond donors (Lipinski definition) is 1. The Hall–Kier alpha value is -2.75. The third-order valence-electron chi connectivity index (χ3n) is 5.68. The van der Waals surface area contributed by atoms with Crippen molar-refractivity contribution in [1.82, 2.24) is 15.0 Å². The highest BCUT2D eigenvalue weighted by Gasteiger charge is 2.31.